The molecule has 1 aliphatic heterocycles. The second-order valence-electron chi connectivity index (χ2n) is 8.67. The Labute approximate surface area is 198 Å². The van der Waals surface area contributed by atoms with Gasteiger partial charge in [-0.05, 0) is 72.5 Å². The maximum Gasteiger partial charge on any atom is 0.265 e. The summed E-state index contributed by atoms with van der Waals surface area (Å²) in [4.78, 5) is 14.6. The van der Waals surface area contributed by atoms with Crippen LogP contribution in [-0.4, -0.2) is 27.0 Å². The molecular weight excluding hydrogens is 455 g/mol. The number of ether oxygens (including phenoxy) is 1. The van der Waals surface area contributed by atoms with E-state index in [0.717, 1.165) is 54.6 Å². The Hall–Kier alpha value is -3.39. The summed E-state index contributed by atoms with van der Waals surface area (Å²) in [5.74, 6) is 0.150. The first-order chi connectivity index (χ1) is 16.4. The van der Waals surface area contributed by atoms with E-state index >= 15 is 0 Å². The van der Waals surface area contributed by atoms with Crippen LogP contribution in [0.25, 0.3) is 11.1 Å². The second-order valence-corrected chi connectivity index (χ2v) is 10.3. The molecule has 34 heavy (non-hydrogen) atoms. The van der Waals surface area contributed by atoms with Crippen molar-refractivity contribution in [1.82, 2.24) is 0 Å². The number of fused-ring (bicyclic) bond motifs is 1. The van der Waals surface area contributed by atoms with Crippen LogP contribution in [0, 0.1) is 5.82 Å². The molecule has 0 spiro atoms. The quantitative estimate of drug-likeness (QED) is 0.534. The Morgan fingerprint density at radius 2 is 1.65 bits per heavy atom. The number of hydrogen-bond acceptors (Lipinski definition) is 4. The van der Waals surface area contributed by atoms with Crippen LogP contribution >= 0.6 is 0 Å². The van der Waals surface area contributed by atoms with Crippen molar-refractivity contribution in [3.63, 3.8) is 0 Å². The molecule has 0 unspecified atom stereocenters. The van der Waals surface area contributed by atoms with Crippen LogP contribution in [0.15, 0.2) is 71.6 Å². The van der Waals surface area contributed by atoms with E-state index in [-0.39, 0.29) is 23.5 Å². The van der Waals surface area contributed by atoms with Gasteiger partial charge in [0.05, 0.1) is 10.6 Å². The van der Waals surface area contributed by atoms with Gasteiger partial charge in [-0.1, -0.05) is 37.5 Å². The Balaban J connectivity index is 1.45. The van der Waals surface area contributed by atoms with Crippen molar-refractivity contribution in [3.8, 4) is 16.9 Å². The summed E-state index contributed by atoms with van der Waals surface area (Å²) in [5, 5.41) is 0. The molecule has 1 heterocycles. The van der Waals surface area contributed by atoms with Crippen LogP contribution in [0.2, 0.25) is 0 Å². The first-order valence-electron chi connectivity index (χ1n) is 11.4. The van der Waals surface area contributed by atoms with Crippen molar-refractivity contribution in [2.75, 3.05) is 16.2 Å². The van der Waals surface area contributed by atoms with Gasteiger partial charge in [0.15, 0.2) is 6.61 Å². The first kappa shape index (κ1) is 22.4. The molecular formula is C26H25FN2O4S. The molecule has 0 radical (unpaired) electrons. The highest BCUT2D eigenvalue weighted by molar-refractivity contribution is 7.92. The van der Waals surface area contributed by atoms with E-state index in [1.54, 1.807) is 18.2 Å². The van der Waals surface area contributed by atoms with Gasteiger partial charge in [-0.15, -0.1) is 0 Å². The lowest BCUT2D eigenvalue weighted by Crippen LogP contribution is -2.46. The maximum absolute atomic E-state index is 13.2. The standard InChI is InChI=1S/C26H25FN2O4S/c27-20-10-12-23(13-11-20)34(31,32)28-21-6-4-5-18(15-21)19-9-14-25-24(16-19)29(26(30)17-33-25)22-7-2-1-3-8-22/h4-6,9-16,22,28H,1-3,7-8,17H2. The lowest BCUT2D eigenvalue weighted by molar-refractivity contribution is -0.122. The Kier molecular flexibility index (Phi) is 6.00. The van der Waals surface area contributed by atoms with Crippen LogP contribution in [0.5, 0.6) is 5.75 Å². The topological polar surface area (TPSA) is 75.7 Å². The van der Waals surface area contributed by atoms with Crippen molar-refractivity contribution in [3.05, 3.63) is 72.5 Å². The largest absolute Gasteiger partial charge is 0.482 e. The molecule has 1 fully saturated rings. The number of amides is 1. The maximum atomic E-state index is 13.2. The number of carbonyl (C=O) groups is 1. The third kappa shape index (κ3) is 4.50. The predicted molar refractivity (Wildman–Crippen MR) is 129 cm³/mol. The van der Waals surface area contributed by atoms with Crippen molar-refractivity contribution >= 4 is 27.3 Å². The fourth-order valence-electron chi connectivity index (χ4n) is 4.68. The van der Waals surface area contributed by atoms with Crippen molar-refractivity contribution < 1.29 is 22.3 Å². The number of halogens is 1. The number of carbonyl (C=O) groups excluding carboxylic acids is 1. The first-order valence-corrected chi connectivity index (χ1v) is 12.9. The van der Waals surface area contributed by atoms with Gasteiger partial charge in [-0.25, -0.2) is 12.8 Å². The number of nitrogens with one attached hydrogen (secondary N) is 1. The molecule has 0 atom stereocenters. The van der Waals surface area contributed by atoms with E-state index in [9.17, 15) is 17.6 Å². The molecule has 3 aromatic rings. The summed E-state index contributed by atoms with van der Waals surface area (Å²) in [6.07, 6.45) is 5.38. The average Bonchev–Trinajstić information content (AvgIpc) is 2.84. The smallest absolute Gasteiger partial charge is 0.265 e. The normalized spacial score (nSPS) is 16.6. The molecule has 8 heteroatoms. The number of benzene rings is 3. The molecule has 0 aromatic heterocycles. The van der Waals surface area contributed by atoms with Gasteiger partial charge in [0.1, 0.15) is 11.6 Å². The van der Waals surface area contributed by atoms with Gasteiger partial charge in [0.2, 0.25) is 0 Å². The zero-order chi connectivity index (χ0) is 23.7. The Morgan fingerprint density at radius 1 is 0.912 bits per heavy atom. The molecule has 176 valence electrons. The van der Waals surface area contributed by atoms with Crippen LogP contribution in [0.3, 0.4) is 0 Å². The molecule has 5 rings (SSSR count). The van der Waals surface area contributed by atoms with E-state index in [1.807, 2.05) is 29.2 Å². The van der Waals surface area contributed by atoms with Gasteiger partial charge >= 0.3 is 0 Å². The predicted octanol–water partition coefficient (Wildman–Crippen LogP) is 5.35. The second kappa shape index (κ2) is 9.10. The van der Waals surface area contributed by atoms with Crippen molar-refractivity contribution in [2.45, 2.75) is 43.0 Å². The van der Waals surface area contributed by atoms with E-state index in [2.05, 4.69) is 4.72 Å². The molecule has 0 bridgehead atoms. The fourth-order valence-corrected chi connectivity index (χ4v) is 5.73. The van der Waals surface area contributed by atoms with Crippen LogP contribution in [0.4, 0.5) is 15.8 Å². The lowest BCUT2D eigenvalue weighted by atomic mass is 9.93. The molecule has 1 aliphatic carbocycles. The zero-order valence-electron chi connectivity index (χ0n) is 18.5. The van der Waals surface area contributed by atoms with Crippen molar-refractivity contribution in [2.24, 2.45) is 0 Å². The summed E-state index contributed by atoms with van der Waals surface area (Å²) in [5.41, 5.74) is 2.79. The van der Waals surface area contributed by atoms with Gasteiger partial charge < -0.3 is 9.64 Å². The summed E-state index contributed by atoms with van der Waals surface area (Å²) < 4.78 is 46.8. The van der Waals surface area contributed by atoms with Gasteiger partial charge in [0.25, 0.3) is 15.9 Å². The van der Waals surface area contributed by atoms with Gasteiger partial charge in [-0.3, -0.25) is 9.52 Å². The molecule has 3 aromatic carbocycles. The monoisotopic (exact) mass is 480 g/mol. The van der Waals surface area contributed by atoms with E-state index in [1.165, 1.54) is 18.6 Å². The Morgan fingerprint density at radius 3 is 2.41 bits per heavy atom. The van der Waals surface area contributed by atoms with Crippen molar-refractivity contribution in [1.29, 1.82) is 0 Å². The summed E-state index contributed by atoms with van der Waals surface area (Å²) in [6.45, 7) is 0.0451. The highest BCUT2D eigenvalue weighted by atomic mass is 32.2. The highest BCUT2D eigenvalue weighted by Gasteiger charge is 2.32. The van der Waals surface area contributed by atoms with E-state index in [0.29, 0.717) is 11.4 Å². The number of rotatable bonds is 5. The van der Waals surface area contributed by atoms with Gasteiger partial charge in [0, 0.05) is 11.7 Å². The minimum atomic E-state index is -3.86. The number of nitrogens with zero attached hydrogens (tertiary/aromatic N) is 1. The molecule has 1 N–H and O–H groups in total. The third-order valence-corrected chi connectivity index (χ3v) is 7.75. The van der Waals surface area contributed by atoms with Crippen LogP contribution in [-0.2, 0) is 14.8 Å². The average molecular weight is 481 g/mol. The molecule has 1 amide bonds. The number of hydrogen-bond donors (Lipinski definition) is 1. The summed E-state index contributed by atoms with van der Waals surface area (Å²) in [7, 11) is -3.86. The molecule has 1 saturated carbocycles. The van der Waals surface area contributed by atoms with E-state index in [4.69, 9.17) is 4.74 Å². The lowest BCUT2D eigenvalue weighted by Gasteiger charge is -2.38. The highest BCUT2D eigenvalue weighted by Crippen LogP contribution is 2.40. The van der Waals surface area contributed by atoms with Gasteiger partial charge in [-0.2, -0.15) is 0 Å². The third-order valence-electron chi connectivity index (χ3n) is 6.35. The van der Waals surface area contributed by atoms with Crippen LogP contribution in [0.1, 0.15) is 32.1 Å². The number of anilines is 2. The SMILES string of the molecule is O=C1COc2ccc(-c3cccc(NS(=O)(=O)c4ccc(F)cc4)c3)cc2N1C1CCCCC1. The molecule has 2 aliphatic rings. The summed E-state index contributed by atoms with van der Waals surface area (Å²) in [6, 6.07) is 17.6. The summed E-state index contributed by atoms with van der Waals surface area (Å²) >= 11 is 0. The van der Waals surface area contributed by atoms with E-state index < -0.39 is 15.8 Å². The Bertz CT molecular complexity index is 1320. The zero-order valence-corrected chi connectivity index (χ0v) is 19.4. The minimum absolute atomic E-state index is 0.0214. The molecule has 6 nitrogen and oxygen atoms in total. The number of sulfonamides is 1. The molecule has 0 saturated heterocycles. The fraction of sp³-hybridized carbons (Fsp3) is 0.269. The van der Waals surface area contributed by atoms with Crippen LogP contribution < -0.4 is 14.4 Å². The minimum Gasteiger partial charge on any atom is -0.482 e.